The van der Waals surface area contributed by atoms with Gasteiger partial charge in [-0.1, -0.05) is 12.1 Å². The Balaban J connectivity index is 2.42. The van der Waals surface area contributed by atoms with E-state index in [9.17, 15) is 4.79 Å². The van der Waals surface area contributed by atoms with Gasteiger partial charge in [0.2, 0.25) is 0 Å². The minimum Gasteiger partial charge on any atom is -0.492 e. The molecule has 2 N–H and O–H groups in total. The van der Waals surface area contributed by atoms with E-state index in [4.69, 9.17) is 15.2 Å². The van der Waals surface area contributed by atoms with Crippen LogP contribution in [0.3, 0.4) is 0 Å². The van der Waals surface area contributed by atoms with E-state index in [0.29, 0.717) is 24.7 Å². The summed E-state index contributed by atoms with van der Waals surface area (Å²) in [7, 11) is 0. The monoisotopic (exact) mass is 275 g/mol. The van der Waals surface area contributed by atoms with Crippen LogP contribution in [0.1, 0.15) is 24.2 Å². The minimum atomic E-state index is -0.481. The molecule has 1 heterocycles. The Hall–Kier alpha value is -2.50. The first-order valence-corrected chi connectivity index (χ1v) is 6.41. The minimum absolute atomic E-state index is 0.232. The predicted molar refractivity (Wildman–Crippen MR) is 75.1 cm³/mol. The van der Waals surface area contributed by atoms with Gasteiger partial charge in [0.05, 0.1) is 19.4 Å². The van der Waals surface area contributed by atoms with E-state index >= 15 is 0 Å². The number of nitrogen functional groups attached to an aromatic ring is 1. The molecule has 20 heavy (non-hydrogen) atoms. The molecule has 0 fully saturated rings. The number of carbonyl (C=O) groups is 1. The molecule has 0 bridgehead atoms. The van der Waals surface area contributed by atoms with Gasteiger partial charge in [0.15, 0.2) is 0 Å². The molecule has 0 spiro atoms. The Bertz CT molecular complexity index is 607. The molecule has 1 aromatic carbocycles. The second-order valence-corrected chi connectivity index (χ2v) is 3.98. The molecule has 0 saturated heterocycles. The van der Waals surface area contributed by atoms with Crippen molar-refractivity contribution >= 4 is 11.8 Å². The summed E-state index contributed by atoms with van der Waals surface area (Å²) in [5.41, 5.74) is 6.91. The molecule has 0 atom stereocenters. The highest BCUT2D eigenvalue weighted by Crippen LogP contribution is 2.26. The highest BCUT2D eigenvalue weighted by molar-refractivity contribution is 5.94. The van der Waals surface area contributed by atoms with Crippen LogP contribution in [0.15, 0.2) is 30.5 Å². The van der Waals surface area contributed by atoms with Gasteiger partial charge < -0.3 is 15.2 Å². The topological polar surface area (TPSA) is 79.4 Å². The van der Waals surface area contributed by atoms with Crippen molar-refractivity contribution in [2.45, 2.75) is 13.8 Å². The van der Waals surface area contributed by atoms with E-state index in [0.717, 1.165) is 0 Å². The Morgan fingerprint density at radius 1 is 1.30 bits per heavy atom. The molecule has 1 aromatic heterocycles. The average Bonchev–Trinajstić information content (AvgIpc) is 2.82. The molecular weight excluding hydrogens is 258 g/mol. The highest BCUT2D eigenvalue weighted by Gasteiger charge is 2.18. The van der Waals surface area contributed by atoms with Crippen LogP contribution in [-0.4, -0.2) is 29.0 Å². The fourth-order valence-corrected chi connectivity index (χ4v) is 1.83. The van der Waals surface area contributed by atoms with E-state index in [-0.39, 0.29) is 11.4 Å². The van der Waals surface area contributed by atoms with Crippen LogP contribution < -0.4 is 10.5 Å². The summed E-state index contributed by atoms with van der Waals surface area (Å²) in [5, 5.41) is 4.14. The maximum absolute atomic E-state index is 11.7. The van der Waals surface area contributed by atoms with Crippen molar-refractivity contribution in [3.63, 3.8) is 0 Å². The summed E-state index contributed by atoms with van der Waals surface area (Å²) < 4.78 is 11.9. The summed E-state index contributed by atoms with van der Waals surface area (Å²) in [6, 6.07) is 7.36. The fraction of sp³-hybridized carbons (Fsp3) is 0.286. The first-order valence-electron chi connectivity index (χ1n) is 6.41. The third kappa shape index (κ3) is 2.59. The third-order valence-electron chi connectivity index (χ3n) is 2.70. The van der Waals surface area contributed by atoms with Gasteiger partial charge in [0.1, 0.15) is 22.8 Å². The Labute approximate surface area is 117 Å². The normalized spacial score (nSPS) is 10.3. The standard InChI is InChI=1S/C14H17N3O3/c1-3-19-12-8-6-5-7-11(12)17-13(15)10(9-16-17)14(18)20-4-2/h5-9H,3-4,15H2,1-2H3. The van der Waals surface area contributed by atoms with Crippen molar-refractivity contribution < 1.29 is 14.3 Å². The van der Waals surface area contributed by atoms with Crippen LogP contribution in [-0.2, 0) is 4.74 Å². The fourth-order valence-electron chi connectivity index (χ4n) is 1.83. The highest BCUT2D eigenvalue weighted by atomic mass is 16.5. The van der Waals surface area contributed by atoms with Gasteiger partial charge in [-0.2, -0.15) is 5.10 Å². The SMILES string of the molecule is CCOC(=O)c1cnn(-c2ccccc2OCC)c1N. The Kier molecular flexibility index (Phi) is 4.24. The van der Waals surface area contributed by atoms with Gasteiger partial charge >= 0.3 is 5.97 Å². The van der Waals surface area contributed by atoms with Gasteiger partial charge in [-0.3, -0.25) is 0 Å². The number of nitrogens with zero attached hydrogens (tertiary/aromatic N) is 2. The molecule has 0 saturated carbocycles. The van der Waals surface area contributed by atoms with Gasteiger partial charge in [0, 0.05) is 0 Å². The molecule has 106 valence electrons. The molecule has 0 amide bonds. The summed E-state index contributed by atoms with van der Waals surface area (Å²) in [5.74, 6) is 0.404. The van der Waals surface area contributed by atoms with Crippen molar-refractivity contribution in [2.75, 3.05) is 18.9 Å². The van der Waals surface area contributed by atoms with Gasteiger partial charge in [-0.05, 0) is 26.0 Å². The summed E-state index contributed by atoms with van der Waals surface area (Å²) in [6.07, 6.45) is 1.40. The lowest BCUT2D eigenvalue weighted by Gasteiger charge is -2.11. The molecule has 2 rings (SSSR count). The van der Waals surface area contributed by atoms with E-state index in [1.165, 1.54) is 10.9 Å². The Morgan fingerprint density at radius 3 is 2.75 bits per heavy atom. The van der Waals surface area contributed by atoms with Crippen molar-refractivity contribution in [3.8, 4) is 11.4 Å². The number of anilines is 1. The van der Waals surface area contributed by atoms with E-state index in [2.05, 4.69) is 5.10 Å². The number of hydrogen-bond donors (Lipinski definition) is 1. The van der Waals surface area contributed by atoms with Crippen molar-refractivity contribution in [1.29, 1.82) is 0 Å². The van der Waals surface area contributed by atoms with E-state index < -0.39 is 5.97 Å². The smallest absolute Gasteiger partial charge is 0.343 e. The van der Waals surface area contributed by atoms with Crippen molar-refractivity contribution in [3.05, 3.63) is 36.0 Å². The summed E-state index contributed by atoms with van der Waals surface area (Å²) in [4.78, 5) is 11.7. The van der Waals surface area contributed by atoms with Crippen LogP contribution in [0.4, 0.5) is 5.82 Å². The molecule has 6 nitrogen and oxygen atoms in total. The lowest BCUT2D eigenvalue weighted by molar-refractivity contribution is 0.0527. The maximum Gasteiger partial charge on any atom is 0.343 e. The van der Waals surface area contributed by atoms with Gasteiger partial charge in [-0.15, -0.1) is 0 Å². The number of benzene rings is 1. The number of carbonyl (C=O) groups excluding carboxylic acids is 1. The number of aromatic nitrogens is 2. The van der Waals surface area contributed by atoms with Crippen molar-refractivity contribution in [2.24, 2.45) is 0 Å². The molecular formula is C14H17N3O3. The number of esters is 1. The van der Waals surface area contributed by atoms with E-state index in [1.807, 2.05) is 31.2 Å². The second-order valence-electron chi connectivity index (χ2n) is 3.98. The van der Waals surface area contributed by atoms with Crippen LogP contribution in [0.2, 0.25) is 0 Å². The Morgan fingerprint density at radius 2 is 2.05 bits per heavy atom. The lowest BCUT2D eigenvalue weighted by atomic mass is 10.3. The number of para-hydroxylation sites is 2. The first kappa shape index (κ1) is 13.9. The number of nitrogens with two attached hydrogens (primary N) is 1. The molecule has 0 aliphatic heterocycles. The average molecular weight is 275 g/mol. The zero-order valence-electron chi connectivity index (χ0n) is 11.5. The first-order chi connectivity index (χ1) is 9.69. The number of ether oxygens (including phenoxy) is 2. The molecule has 0 aliphatic carbocycles. The summed E-state index contributed by atoms with van der Waals surface area (Å²) in [6.45, 7) is 4.46. The summed E-state index contributed by atoms with van der Waals surface area (Å²) >= 11 is 0. The van der Waals surface area contributed by atoms with E-state index in [1.54, 1.807) is 6.92 Å². The van der Waals surface area contributed by atoms with Crippen LogP contribution >= 0.6 is 0 Å². The number of rotatable bonds is 5. The lowest BCUT2D eigenvalue weighted by Crippen LogP contribution is -2.09. The van der Waals surface area contributed by atoms with Crippen molar-refractivity contribution in [1.82, 2.24) is 9.78 Å². The van der Waals surface area contributed by atoms with Crippen LogP contribution in [0, 0.1) is 0 Å². The quantitative estimate of drug-likeness (QED) is 0.844. The molecule has 0 radical (unpaired) electrons. The van der Waals surface area contributed by atoms with Crippen LogP contribution in [0.25, 0.3) is 5.69 Å². The largest absolute Gasteiger partial charge is 0.492 e. The zero-order chi connectivity index (χ0) is 14.5. The molecule has 6 heteroatoms. The molecule has 2 aromatic rings. The van der Waals surface area contributed by atoms with Gasteiger partial charge in [0.25, 0.3) is 0 Å². The third-order valence-corrected chi connectivity index (χ3v) is 2.70. The zero-order valence-corrected chi connectivity index (χ0v) is 11.5. The number of hydrogen-bond acceptors (Lipinski definition) is 5. The molecule has 0 unspecified atom stereocenters. The van der Waals surface area contributed by atoms with Crippen LogP contribution in [0.5, 0.6) is 5.75 Å². The second kappa shape index (κ2) is 6.10. The molecule has 0 aliphatic rings. The maximum atomic E-state index is 11.7. The van der Waals surface area contributed by atoms with Gasteiger partial charge in [-0.25, -0.2) is 9.48 Å². The predicted octanol–water partition coefficient (Wildman–Crippen LogP) is 2.03.